The van der Waals surface area contributed by atoms with Gasteiger partial charge in [-0.3, -0.25) is 0 Å². The summed E-state index contributed by atoms with van der Waals surface area (Å²) in [6.45, 7) is -0.184. The highest BCUT2D eigenvalue weighted by atomic mass is 32.1. The first-order chi connectivity index (χ1) is 10.7. The Morgan fingerprint density at radius 2 is 1.86 bits per heavy atom. The van der Waals surface area contributed by atoms with Gasteiger partial charge in [0, 0.05) is 7.05 Å². The Morgan fingerprint density at radius 1 is 1.14 bits per heavy atom. The molecule has 0 aliphatic heterocycles. The van der Waals surface area contributed by atoms with Crippen LogP contribution in [0.3, 0.4) is 0 Å². The summed E-state index contributed by atoms with van der Waals surface area (Å²) in [5.41, 5.74) is 1.65. The van der Waals surface area contributed by atoms with Crippen molar-refractivity contribution in [1.82, 2.24) is 4.98 Å². The molecule has 0 atom stereocenters. The van der Waals surface area contributed by atoms with Crippen molar-refractivity contribution < 1.29 is 14.4 Å². The van der Waals surface area contributed by atoms with Crippen molar-refractivity contribution in [2.45, 2.75) is 0 Å². The molecule has 22 heavy (non-hydrogen) atoms. The van der Waals surface area contributed by atoms with Gasteiger partial charge in [-0.15, -0.1) is 0 Å². The number of para-hydroxylation sites is 2. The van der Waals surface area contributed by atoms with Crippen molar-refractivity contribution in [3.63, 3.8) is 0 Å². The lowest BCUT2D eigenvalue weighted by Gasteiger charge is -2.17. The summed E-state index contributed by atoms with van der Waals surface area (Å²) in [6, 6.07) is 17.1. The molecule has 0 saturated heterocycles. The predicted octanol–water partition coefficient (Wildman–Crippen LogP) is 3.27. The average molecular weight is 314 g/mol. The van der Waals surface area contributed by atoms with Crippen LogP contribution in [0.4, 0.5) is 5.69 Å². The van der Waals surface area contributed by atoms with E-state index >= 15 is 0 Å². The molecule has 0 fully saturated rings. The number of benzene rings is 2. The van der Waals surface area contributed by atoms with Crippen LogP contribution in [0.15, 0.2) is 54.6 Å². The zero-order valence-corrected chi connectivity index (χ0v) is 12.7. The molecule has 0 aliphatic rings. The molecule has 0 bridgehead atoms. The lowest BCUT2D eigenvalue weighted by molar-refractivity contribution is -0.146. The van der Waals surface area contributed by atoms with E-state index in [4.69, 9.17) is 9.57 Å². The summed E-state index contributed by atoms with van der Waals surface area (Å²) in [5, 5.41) is 1.87. The van der Waals surface area contributed by atoms with Gasteiger partial charge in [0.05, 0.1) is 15.9 Å². The van der Waals surface area contributed by atoms with Gasteiger partial charge < -0.3 is 9.57 Å². The zero-order chi connectivity index (χ0) is 15.4. The third kappa shape index (κ3) is 3.35. The van der Waals surface area contributed by atoms with Crippen LogP contribution in [0.25, 0.3) is 10.2 Å². The molecular formula is C16H14N2O3S. The van der Waals surface area contributed by atoms with E-state index in [1.54, 1.807) is 7.05 Å². The highest BCUT2D eigenvalue weighted by Gasteiger charge is 2.11. The smallest absolute Gasteiger partial charge is 0.369 e. The van der Waals surface area contributed by atoms with Crippen LogP contribution in [-0.4, -0.2) is 24.6 Å². The van der Waals surface area contributed by atoms with E-state index in [2.05, 4.69) is 4.98 Å². The van der Waals surface area contributed by atoms with Crippen LogP contribution >= 0.6 is 11.3 Å². The lowest BCUT2D eigenvalue weighted by atomic mass is 10.3. The van der Waals surface area contributed by atoms with E-state index in [0.29, 0.717) is 5.19 Å². The number of aromatic nitrogens is 1. The second-order valence-electron chi connectivity index (χ2n) is 4.53. The molecule has 0 N–H and O–H groups in total. The summed E-state index contributed by atoms with van der Waals surface area (Å²) in [4.78, 5) is 21.3. The predicted molar refractivity (Wildman–Crippen MR) is 86.1 cm³/mol. The SMILES string of the molecule is CN(OC(=O)COc1nc2ccccc2s1)c1ccccc1. The molecule has 2 aromatic carbocycles. The van der Waals surface area contributed by atoms with Gasteiger partial charge in [-0.2, -0.15) is 0 Å². The van der Waals surface area contributed by atoms with Crippen LogP contribution in [0.5, 0.6) is 5.19 Å². The fourth-order valence-electron chi connectivity index (χ4n) is 1.90. The number of thiazole rings is 1. The lowest BCUT2D eigenvalue weighted by Crippen LogP contribution is -2.26. The molecule has 112 valence electrons. The van der Waals surface area contributed by atoms with E-state index in [1.165, 1.54) is 16.4 Å². The molecule has 5 nitrogen and oxygen atoms in total. The van der Waals surface area contributed by atoms with Gasteiger partial charge in [-0.1, -0.05) is 41.7 Å². The first-order valence-electron chi connectivity index (χ1n) is 6.70. The molecule has 0 radical (unpaired) electrons. The fourth-order valence-corrected chi connectivity index (χ4v) is 2.72. The number of anilines is 1. The molecule has 0 spiro atoms. The number of hydroxylamine groups is 1. The highest BCUT2D eigenvalue weighted by Crippen LogP contribution is 2.27. The summed E-state index contributed by atoms with van der Waals surface area (Å²) in [7, 11) is 1.67. The van der Waals surface area contributed by atoms with Gasteiger partial charge >= 0.3 is 5.97 Å². The summed E-state index contributed by atoms with van der Waals surface area (Å²) in [6.07, 6.45) is 0. The van der Waals surface area contributed by atoms with Crippen molar-refractivity contribution in [2.24, 2.45) is 0 Å². The number of hydrogen-bond donors (Lipinski definition) is 0. The zero-order valence-electron chi connectivity index (χ0n) is 11.9. The highest BCUT2D eigenvalue weighted by molar-refractivity contribution is 7.20. The van der Waals surface area contributed by atoms with Crippen LogP contribution < -0.4 is 9.80 Å². The topological polar surface area (TPSA) is 51.7 Å². The largest absolute Gasteiger partial charge is 0.458 e. The number of fused-ring (bicyclic) bond motifs is 1. The van der Waals surface area contributed by atoms with E-state index < -0.39 is 5.97 Å². The first-order valence-corrected chi connectivity index (χ1v) is 7.52. The minimum atomic E-state index is -0.481. The van der Waals surface area contributed by atoms with Gasteiger partial charge in [0.25, 0.3) is 5.19 Å². The molecule has 1 aromatic heterocycles. The van der Waals surface area contributed by atoms with Gasteiger partial charge in [0.2, 0.25) is 0 Å². The minimum Gasteiger partial charge on any atom is -0.458 e. The molecule has 0 aliphatic carbocycles. The second kappa shape index (κ2) is 6.44. The van der Waals surface area contributed by atoms with E-state index in [9.17, 15) is 4.79 Å². The number of ether oxygens (including phenoxy) is 1. The maximum atomic E-state index is 11.8. The van der Waals surface area contributed by atoms with Gasteiger partial charge in [-0.25, -0.2) is 14.8 Å². The standard InChI is InChI=1S/C16H14N2O3S/c1-18(12-7-3-2-4-8-12)21-15(19)11-20-16-17-13-9-5-6-10-14(13)22-16/h2-10H,11H2,1H3. The quantitative estimate of drug-likeness (QED) is 0.677. The average Bonchev–Trinajstić information content (AvgIpc) is 2.96. The molecule has 3 rings (SSSR count). The maximum absolute atomic E-state index is 11.8. The van der Waals surface area contributed by atoms with Crippen molar-refractivity contribution in [3.8, 4) is 5.19 Å². The number of carbonyl (C=O) groups excluding carboxylic acids is 1. The molecular weight excluding hydrogens is 300 g/mol. The number of rotatable bonds is 5. The van der Waals surface area contributed by atoms with Gasteiger partial charge in [0.15, 0.2) is 6.61 Å². The summed E-state index contributed by atoms with van der Waals surface area (Å²) >= 11 is 1.40. The molecule has 0 amide bonds. The Hall–Kier alpha value is -2.60. The second-order valence-corrected chi connectivity index (χ2v) is 5.53. The fraction of sp³-hybridized carbons (Fsp3) is 0.125. The van der Waals surface area contributed by atoms with Crippen LogP contribution in [0.1, 0.15) is 0 Å². The van der Waals surface area contributed by atoms with Crippen LogP contribution in [0.2, 0.25) is 0 Å². The Bertz CT molecular complexity index is 740. The van der Waals surface area contributed by atoms with Crippen molar-refractivity contribution >= 4 is 33.2 Å². The third-order valence-electron chi connectivity index (χ3n) is 2.95. The molecule has 3 aromatic rings. The van der Waals surface area contributed by atoms with Crippen molar-refractivity contribution in [3.05, 3.63) is 54.6 Å². The first kappa shape index (κ1) is 14.3. The van der Waals surface area contributed by atoms with Gasteiger partial charge in [-0.05, 0) is 24.3 Å². The van der Waals surface area contributed by atoms with E-state index in [1.807, 2.05) is 54.6 Å². The Kier molecular flexibility index (Phi) is 4.20. The normalized spacial score (nSPS) is 10.4. The van der Waals surface area contributed by atoms with Crippen LogP contribution in [0, 0.1) is 0 Å². The summed E-state index contributed by atoms with van der Waals surface area (Å²) in [5.74, 6) is -0.481. The molecule has 6 heteroatoms. The third-order valence-corrected chi connectivity index (χ3v) is 3.90. The number of carbonyl (C=O) groups is 1. The minimum absolute atomic E-state index is 0.184. The Balaban J connectivity index is 1.56. The molecule has 0 saturated carbocycles. The maximum Gasteiger partial charge on any atom is 0.369 e. The molecule has 0 unspecified atom stereocenters. The Morgan fingerprint density at radius 3 is 2.64 bits per heavy atom. The molecule has 1 heterocycles. The number of hydrogen-bond acceptors (Lipinski definition) is 6. The Labute approximate surface area is 131 Å². The summed E-state index contributed by atoms with van der Waals surface area (Å²) < 4.78 is 6.42. The van der Waals surface area contributed by atoms with Crippen molar-refractivity contribution in [2.75, 3.05) is 18.7 Å². The number of nitrogens with zero attached hydrogens (tertiary/aromatic N) is 2. The van der Waals surface area contributed by atoms with E-state index in [-0.39, 0.29) is 6.61 Å². The van der Waals surface area contributed by atoms with Crippen LogP contribution in [-0.2, 0) is 9.63 Å². The van der Waals surface area contributed by atoms with Gasteiger partial charge in [0.1, 0.15) is 0 Å². The van der Waals surface area contributed by atoms with Crippen molar-refractivity contribution in [1.29, 1.82) is 0 Å². The monoisotopic (exact) mass is 314 g/mol. The van der Waals surface area contributed by atoms with E-state index in [0.717, 1.165) is 15.9 Å².